The fourth-order valence-corrected chi connectivity index (χ4v) is 2.63. The highest BCUT2D eigenvalue weighted by Gasteiger charge is 2.04. The van der Waals surface area contributed by atoms with Gasteiger partial charge < -0.3 is 5.32 Å². The number of amides is 1. The minimum Gasteiger partial charge on any atom is -0.325 e. The number of carbonyl (C=O) groups is 1. The van der Waals surface area contributed by atoms with Crippen LogP contribution in [0.5, 0.6) is 0 Å². The first-order valence-electron chi connectivity index (χ1n) is 6.64. The van der Waals surface area contributed by atoms with Gasteiger partial charge in [-0.05, 0) is 31.0 Å². The third-order valence-corrected chi connectivity index (χ3v) is 4.05. The molecule has 0 bridgehead atoms. The number of rotatable bonds is 5. The monoisotopic (exact) mass is 285 g/mol. The van der Waals surface area contributed by atoms with Gasteiger partial charge >= 0.3 is 0 Å². The summed E-state index contributed by atoms with van der Waals surface area (Å²) in [5, 5.41) is 2.95. The van der Waals surface area contributed by atoms with Crippen molar-refractivity contribution >= 4 is 23.4 Å². The lowest BCUT2D eigenvalue weighted by Crippen LogP contribution is -2.14. The van der Waals surface area contributed by atoms with E-state index < -0.39 is 0 Å². The number of hydrogen-bond acceptors (Lipinski definition) is 2. The van der Waals surface area contributed by atoms with Gasteiger partial charge in [0, 0.05) is 11.4 Å². The Morgan fingerprint density at radius 1 is 1.05 bits per heavy atom. The van der Waals surface area contributed by atoms with Gasteiger partial charge in [-0.25, -0.2) is 0 Å². The third kappa shape index (κ3) is 4.42. The molecule has 0 aliphatic carbocycles. The van der Waals surface area contributed by atoms with Crippen molar-refractivity contribution in [3.05, 3.63) is 65.2 Å². The maximum Gasteiger partial charge on any atom is 0.234 e. The van der Waals surface area contributed by atoms with Crippen LogP contribution in [0.1, 0.15) is 16.7 Å². The summed E-state index contributed by atoms with van der Waals surface area (Å²) in [6.45, 7) is 4.07. The second kappa shape index (κ2) is 7.15. The van der Waals surface area contributed by atoms with Crippen molar-refractivity contribution in [3.63, 3.8) is 0 Å². The molecule has 3 heteroatoms. The first kappa shape index (κ1) is 14.7. The molecule has 0 heterocycles. The predicted octanol–water partition coefficient (Wildman–Crippen LogP) is 4.18. The van der Waals surface area contributed by atoms with E-state index in [-0.39, 0.29) is 5.91 Å². The SMILES string of the molecule is Cc1ccc(CSCC(=O)Nc2ccccc2C)cc1. The Kier molecular flexibility index (Phi) is 5.24. The van der Waals surface area contributed by atoms with Crippen LogP contribution in [-0.4, -0.2) is 11.7 Å². The molecule has 0 fully saturated rings. The highest BCUT2D eigenvalue weighted by molar-refractivity contribution is 7.99. The van der Waals surface area contributed by atoms with Crippen molar-refractivity contribution in [2.45, 2.75) is 19.6 Å². The molecule has 20 heavy (non-hydrogen) atoms. The molecule has 0 saturated carbocycles. The van der Waals surface area contributed by atoms with Crippen LogP contribution in [0.3, 0.4) is 0 Å². The Labute approximate surface area is 124 Å². The summed E-state index contributed by atoms with van der Waals surface area (Å²) >= 11 is 1.63. The van der Waals surface area contributed by atoms with E-state index in [4.69, 9.17) is 0 Å². The van der Waals surface area contributed by atoms with Gasteiger partial charge in [0.2, 0.25) is 5.91 Å². The van der Waals surface area contributed by atoms with E-state index in [9.17, 15) is 4.79 Å². The van der Waals surface area contributed by atoms with Gasteiger partial charge in [-0.1, -0.05) is 48.0 Å². The summed E-state index contributed by atoms with van der Waals surface area (Å²) in [6, 6.07) is 16.3. The van der Waals surface area contributed by atoms with E-state index in [0.717, 1.165) is 17.0 Å². The lowest BCUT2D eigenvalue weighted by molar-refractivity contribution is -0.113. The van der Waals surface area contributed by atoms with Crippen molar-refractivity contribution < 1.29 is 4.79 Å². The van der Waals surface area contributed by atoms with E-state index in [2.05, 4.69) is 36.5 Å². The molecule has 0 atom stereocenters. The summed E-state index contributed by atoms with van der Waals surface area (Å²) < 4.78 is 0. The maximum atomic E-state index is 11.9. The average Bonchev–Trinajstić information content (AvgIpc) is 2.44. The van der Waals surface area contributed by atoms with Crippen molar-refractivity contribution in [1.82, 2.24) is 0 Å². The van der Waals surface area contributed by atoms with Crippen LogP contribution in [0.4, 0.5) is 5.69 Å². The first-order chi connectivity index (χ1) is 9.65. The molecule has 0 unspecified atom stereocenters. The van der Waals surface area contributed by atoms with Crippen LogP contribution < -0.4 is 5.32 Å². The zero-order chi connectivity index (χ0) is 14.4. The molecule has 104 valence electrons. The van der Waals surface area contributed by atoms with Crippen LogP contribution in [0.15, 0.2) is 48.5 Å². The standard InChI is InChI=1S/C17H19NOS/c1-13-7-9-15(10-8-13)11-20-12-17(19)18-16-6-4-3-5-14(16)2/h3-10H,11-12H2,1-2H3,(H,18,19). The van der Waals surface area contributed by atoms with Crippen LogP contribution in [0.2, 0.25) is 0 Å². The number of para-hydroxylation sites is 1. The van der Waals surface area contributed by atoms with E-state index in [1.165, 1.54) is 11.1 Å². The van der Waals surface area contributed by atoms with Crippen molar-refractivity contribution in [1.29, 1.82) is 0 Å². The maximum absolute atomic E-state index is 11.9. The fourth-order valence-electron chi connectivity index (χ4n) is 1.85. The Morgan fingerprint density at radius 2 is 1.75 bits per heavy atom. The van der Waals surface area contributed by atoms with Gasteiger partial charge in [-0.2, -0.15) is 0 Å². The number of benzene rings is 2. The van der Waals surface area contributed by atoms with Gasteiger partial charge in [0.05, 0.1) is 5.75 Å². The Bertz CT molecular complexity index is 578. The van der Waals surface area contributed by atoms with E-state index >= 15 is 0 Å². The lowest BCUT2D eigenvalue weighted by Gasteiger charge is -2.08. The van der Waals surface area contributed by atoms with Gasteiger partial charge in [0.15, 0.2) is 0 Å². The van der Waals surface area contributed by atoms with E-state index in [1.807, 2.05) is 31.2 Å². The highest BCUT2D eigenvalue weighted by atomic mass is 32.2. The minimum atomic E-state index is 0.0522. The fraction of sp³-hybridized carbons (Fsp3) is 0.235. The molecular formula is C17H19NOS. The number of hydrogen-bond donors (Lipinski definition) is 1. The molecule has 2 aromatic rings. The lowest BCUT2D eigenvalue weighted by atomic mass is 10.2. The molecule has 0 aromatic heterocycles. The van der Waals surface area contributed by atoms with Crippen LogP contribution >= 0.6 is 11.8 Å². The molecule has 2 nitrogen and oxygen atoms in total. The largest absolute Gasteiger partial charge is 0.325 e. The summed E-state index contributed by atoms with van der Waals surface area (Å²) in [5.74, 6) is 1.39. The Balaban J connectivity index is 1.78. The van der Waals surface area contributed by atoms with Crippen molar-refractivity contribution in [2.75, 3.05) is 11.1 Å². The molecule has 0 radical (unpaired) electrons. The number of nitrogens with one attached hydrogen (secondary N) is 1. The molecule has 0 spiro atoms. The molecule has 0 aliphatic heterocycles. The van der Waals surface area contributed by atoms with Crippen LogP contribution in [0.25, 0.3) is 0 Å². The second-order valence-electron chi connectivity index (χ2n) is 4.84. The average molecular weight is 285 g/mol. The minimum absolute atomic E-state index is 0.0522. The number of aryl methyl sites for hydroxylation is 2. The first-order valence-corrected chi connectivity index (χ1v) is 7.79. The highest BCUT2D eigenvalue weighted by Crippen LogP contribution is 2.16. The summed E-state index contributed by atoms with van der Waals surface area (Å²) in [4.78, 5) is 11.9. The Hall–Kier alpha value is -1.74. The van der Waals surface area contributed by atoms with Gasteiger partial charge in [-0.15, -0.1) is 11.8 Å². The quantitative estimate of drug-likeness (QED) is 0.893. The second-order valence-corrected chi connectivity index (χ2v) is 5.83. The number of anilines is 1. The molecule has 2 rings (SSSR count). The predicted molar refractivity (Wildman–Crippen MR) is 87.1 cm³/mol. The van der Waals surface area contributed by atoms with Crippen molar-refractivity contribution in [3.8, 4) is 0 Å². The van der Waals surface area contributed by atoms with Crippen molar-refractivity contribution in [2.24, 2.45) is 0 Å². The molecule has 1 N–H and O–H groups in total. The number of carbonyl (C=O) groups excluding carboxylic acids is 1. The topological polar surface area (TPSA) is 29.1 Å². The summed E-state index contributed by atoms with van der Waals surface area (Å²) in [7, 11) is 0. The molecule has 2 aromatic carbocycles. The van der Waals surface area contributed by atoms with E-state index in [0.29, 0.717) is 5.75 Å². The third-order valence-electron chi connectivity index (χ3n) is 3.04. The zero-order valence-electron chi connectivity index (χ0n) is 11.8. The van der Waals surface area contributed by atoms with Gasteiger partial charge in [0.1, 0.15) is 0 Å². The smallest absolute Gasteiger partial charge is 0.234 e. The zero-order valence-corrected chi connectivity index (χ0v) is 12.7. The number of thioether (sulfide) groups is 1. The van der Waals surface area contributed by atoms with E-state index in [1.54, 1.807) is 11.8 Å². The van der Waals surface area contributed by atoms with Gasteiger partial charge in [-0.3, -0.25) is 4.79 Å². The van der Waals surface area contributed by atoms with Crippen LogP contribution in [0, 0.1) is 13.8 Å². The van der Waals surface area contributed by atoms with Gasteiger partial charge in [0.25, 0.3) is 0 Å². The summed E-state index contributed by atoms with van der Waals surface area (Å²) in [6.07, 6.45) is 0. The molecule has 1 amide bonds. The molecular weight excluding hydrogens is 266 g/mol. The molecule has 0 aliphatic rings. The molecule has 0 saturated heterocycles. The normalized spacial score (nSPS) is 10.3. The Morgan fingerprint density at radius 3 is 2.45 bits per heavy atom. The van der Waals surface area contributed by atoms with Crippen LogP contribution in [-0.2, 0) is 10.5 Å². The summed E-state index contributed by atoms with van der Waals surface area (Å²) in [5.41, 5.74) is 4.50.